The molecule has 0 bridgehead atoms. The Hall–Kier alpha value is -5.21. The summed E-state index contributed by atoms with van der Waals surface area (Å²) in [5.41, 5.74) is 10.3. The van der Waals surface area contributed by atoms with E-state index in [1.54, 1.807) is 18.5 Å². The highest BCUT2D eigenvalue weighted by Crippen LogP contribution is 2.30. The molecule has 0 aliphatic heterocycles. The molecular formula is C27H17FN8OS. The fourth-order valence-electron chi connectivity index (χ4n) is 4.20. The average molecular weight is 521 g/mol. The van der Waals surface area contributed by atoms with E-state index in [9.17, 15) is 9.18 Å². The molecule has 4 heterocycles. The topological polar surface area (TPSA) is 135 Å². The van der Waals surface area contributed by atoms with Crippen molar-refractivity contribution in [3.63, 3.8) is 0 Å². The zero-order valence-electron chi connectivity index (χ0n) is 19.6. The molecular weight excluding hydrogens is 503 g/mol. The maximum absolute atomic E-state index is 14.1. The molecule has 6 rings (SSSR count). The number of thiazole rings is 1. The van der Waals surface area contributed by atoms with E-state index in [0.717, 1.165) is 28.7 Å². The van der Waals surface area contributed by atoms with E-state index >= 15 is 0 Å². The van der Waals surface area contributed by atoms with E-state index in [1.165, 1.54) is 6.07 Å². The van der Waals surface area contributed by atoms with Crippen LogP contribution in [0.15, 0.2) is 73.1 Å². The third-order valence-corrected chi connectivity index (χ3v) is 6.95. The highest BCUT2D eigenvalue weighted by molar-refractivity contribution is 7.19. The van der Waals surface area contributed by atoms with Gasteiger partial charge in [-0.2, -0.15) is 5.26 Å². The summed E-state index contributed by atoms with van der Waals surface area (Å²) in [5.74, 6) is -0.0710. The number of carbonyl (C=O) groups excluding carboxylic acids is 1. The van der Waals surface area contributed by atoms with E-state index < -0.39 is 11.7 Å². The summed E-state index contributed by atoms with van der Waals surface area (Å²) >= 11 is 1.06. The maximum atomic E-state index is 14.1. The minimum Gasteiger partial charge on any atom is -0.383 e. The molecule has 0 aliphatic rings. The van der Waals surface area contributed by atoms with Crippen LogP contribution < -0.4 is 11.1 Å². The van der Waals surface area contributed by atoms with Crippen molar-refractivity contribution in [3.8, 4) is 23.1 Å². The van der Waals surface area contributed by atoms with Crippen LogP contribution in [0.2, 0.25) is 0 Å². The standard InChI is InChI=1S/C27H17FN8OS/c28-16-11-19(23-21(12-16)34-22(13-29)38-23)27(37)33-14-15-5-7-17(8-6-15)36-25(18-3-1-9-31-24(18)30)35-20-4-2-10-32-26(20)36/h1-12H,14H2,(H2,30,31)(H,33,37). The molecule has 9 nitrogen and oxygen atoms in total. The number of carbonyl (C=O) groups is 1. The van der Waals surface area contributed by atoms with Gasteiger partial charge in [-0.15, -0.1) is 11.3 Å². The second kappa shape index (κ2) is 9.34. The molecule has 1 amide bonds. The lowest BCUT2D eigenvalue weighted by Crippen LogP contribution is -2.23. The first kappa shape index (κ1) is 23.2. The number of aromatic nitrogens is 5. The van der Waals surface area contributed by atoms with Crippen LogP contribution in [0.4, 0.5) is 10.2 Å². The highest BCUT2D eigenvalue weighted by Gasteiger charge is 2.18. The number of hydrogen-bond acceptors (Lipinski definition) is 8. The molecule has 4 aromatic heterocycles. The SMILES string of the molecule is N#Cc1nc2cc(F)cc(C(=O)NCc3ccc(-n4c(-c5cccnc5N)nc5cccnc54)cc3)c2s1. The van der Waals surface area contributed by atoms with Gasteiger partial charge in [0, 0.05) is 30.7 Å². The number of nitriles is 1. The molecule has 0 aliphatic carbocycles. The van der Waals surface area contributed by atoms with Gasteiger partial charge in [0.2, 0.25) is 0 Å². The third-order valence-electron chi connectivity index (χ3n) is 5.94. The number of nitrogens with zero attached hydrogens (tertiary/aromatic N) is 6. The largest absolute Gasteiger partial charge is 0.383 e. The lowest BCUT2D eigenvalue weighted by molar-refractivity contribution is 0.0952. The number of imidazole rings is 1. The van der Waals surface area contributed by atoms with Crippen LogP contribution in [0, 0.1) is 17.1 Å². The third kappa shape index (κ3) is 4.08. The van der Waals surface area contributed by atoms with Crippen molar-refractivity contribution in [2.75, 3.05) is 5.73 Å². The quantitative estimate of drug-likeness (QED) is 0.339. The Morgan fingerprint density at radius 3 is 2.63 bits per heavy atom. The van der Waals surface area contributed by atoms with Gasteiger partial charge >= 0.3 is 0 Å². The van der Waals surface area contributed by atoms with Crippen molar-refractivity contribution in [1.82, 2.24) is 29.8 Å². The van der Waals surface area contributed by atoms with Crippen LogP contribution in [0.1, 0.15) is 20.9 Å². The number of fused-ring (bicyclic) bond motifs is 2. The number of rotatable bonds is 5. The molecule has 0 fully saturated rings. The normalized spacial score (nSPS) is 11.1. The van der Waals surface area contributed by atoms with Gasteiger partial charge < -0.3 is 11.1 Å². The summed E-state index contributed by atoms with van der Waals surface area (Å²) in [7, 11) is 0. The number of halogens is 1. The lowest BCUT2D eigenvalue weighted by Gasteiger charge is -2.11. The number of nitrogens with two attached hydrogens (primary N) is 1. The lowest BCUT2D eigenvalue weighted by atomic mass is 10.1. The second-order valence-corrected chi connectivity index (χ2v) is 9.33. The van der Waals surface area contributed by atoms with Gasteiger partial charge in [0.25, 0.3) is 5.91 Å². The highest BCUT2D eigenvalue weighted by atomic mass is 32.1. The van der Waals surface area contributed by atoms with Crippen molar-refractivity contribution in [3.05, 3.63) is 95.0 Å². The summed E-state index contributed by atoms with van der Waals surface area (Å²) < 4.78 is 16.5. The van der Waals surface area contributed by atoms with E-state index in [1.807, 2.05) is 53.1 Å². The van der Waals surface area contributed by atoms with Gasteiger partial charge in [0.15, 0.2) is 16.5 Å². The van der Waals surface area contributed by atoms with Crippen LogP contribution in [-0.2, 0) is 6.54 Å². The molecule has 2 aromatic carbocycles. The fourth-order valence-corrected chi connectivity index (χ4v) is 5.05. The van der Waals surface area contributed by atoms with E-state index in [4.69, 9.17) is 16.0 Å². The first-order chi connectivity index (χ1) is 18.5. The number of nitrogen functional groups attached to an aromatic ring is 1. The molecule has 0 saturated carbocycles. The Morgan fingerprint density at radius 2 is 1.84 bits per heavy atom. The Morgan fingerprint density at radius 1 is 1.05 bits per heavy atom. The molecule has 11 heteroatoms. The van der Waals surface area contributed by atoms with Crippen LogP contribution in [0.5, 0.6) is 0 Å². The smallest absolute Gasteiger partial charge is 0.253 e. The van der Waals surface area contributed by atoms with Gasteiger partial charge in [-0.1, -0.05) is 12.1 Å². The first-order valence-corrected chi connectivity index (χ1v) is 12.3. The predicted molar refractivity (Wildman–Crippen MR) is 142 cm³/mol. The second-order valence-electron chi connectivity index (χ2n) is 8.33. The van der Waals surface area contributed by atoms with Crippen LogP contribution in [0.25, 0.3) is 38.5 Å². The van der Waals surface area contributed by atoms with Crippen molar-refractivity contribution >= 4 is 44.4 Å². The van der Waals surface area contributed by atoms with E-state index in [2.05, 4.69) is 20.3 Å². The molecule has 3 N–H and O–H groups in total. The van der Waals surface area contributed by atoms with Crippen LogP contribution in [0.3, 0.4) is 0 Å². The zero-order chi connectivity index (χ0) is 26.2. The number of pyridine rings is 2. The average Bonchev–Trinajstić information content (AvgIpc) is 3.53. The number of benzene rings is 2. The van der Waals surface area contributed by atoms with Gasteiger partial charge in [-0.05, 0) is 48.0 Å². The van der Waals surface area contributed by atoms with Crippen molar-refractivity contribution < 1.29 is 9.18 Å². The van der Waals surface area contributed by atoms with Crippen molar-refractivity contribution in [2.45, 2.75) is 6.54 Å². The van der Waals surface area contributed by atoms with Gasteiger partial charge in [-0.25, -0.2) is 24.3 Å². The fraction of sp³-hybridized carbons (Fsp3) is 0.0370. The maximum Gasteiger partial charge on any atom is 0.253 e. The van der Waals surface area contributed by atoms with Gasteiger partial charge in [0.1, 0.15) is 23.2 Å². The summed E-state index contributed by atoms with van der Waals surface area (Å²) in [5, 5.41) is 12.1. The van der Waals surface area contributed by atoms with Crippen molar-refractivity contribution in [1.29, 1.82) is 5.26 Å². The van der Waals surface area contributed by atoms with Crippen LogP contribution >= 0.6 is 11.3 Å². The molecule has 0 atom stereocenters. The molecule has 184 valence electrons. The molecule has 38 heavy (non-hydrogen) atoms. The molecule has 0 unspecified atom stereocenters. The molecule has 0 saturated heterocycles. The summed E-state index contributed by atoms with van der Waals surface area (Å²) in [4.78, 5) is 30.4. The predicted octanol–water partition coefficient (Wildman–Crippen LogP) is 4.62. The Kier molecular flexibility index (Phi) is 5.71. The Bertz CT molecular complexity index is 1890. The zero-order valence-corrected chi connectivity index (χ0v) is 20.4. The minimum atomic E-state index is -0.590. The number of nitrogens with one attached hydrogen (secondary N) is 1. The molecule has 0 spiro atoms. The number of amides is 1. The van der Waals surface area contributed by atoms with Gasteiger partial charge in [-0.3, -0.25) is 9.36 Å². The Labute approximate surface area is 219 Å². The van der Waals surface area contributed by atoms with Crippen molar-refractivity contribution in [2.24, 2.45) is 0 Å². The first-order valence-electron chi connectivity index (χ1n) is 11.4. The van der Waals surface area contributed by atoms with E-state index in [-0.39, 0.29) is 22.6 Å². The number of anilines is 1. The summed E-state index contributed by atoms with van der Waals surface area (Å²) in [6, 6.07) is 19.2. The monoisotopic (exact) mass is 520 g/mol. The summed E-state index contributed by atoms with van der Waals surface area (Å²) in [6.07, 6.45) is 3.33. The summed E-state index contributed by atoms with van der Waals surface area (Å²) in [6.45, 7) is 0.215. The van der Waals surface area contributed by atoms with Crippen LogP contribution in [-0.4, -0.2) is 30.4 Å². The molecule has 0 radical (unpaired) electrons. The Balaban J connectivity index is 1.29. The van der Waals surface area contributed by atoms with E-state index in [0.29, 0.717) is 33.1 Å². The van der Waals surface area contributed by atoms with Gasteiger partial charge in [0.05, 0.1) is 21.3 Å². The number of hydrogen-bond donors (Lipinski definition) is 2. The minimum absolute atomic E-state index is 0.144. The molecule has 6 aromatic rings.